The molecule has 0 bridgehead atoms. The number of rotatable bonds is 9. The molecule has 0 radical (unpaired) electrons. The average molecular weight is 370 g/mol. The van der Waals surface area contributed by atoms with Gasteiger partial charge in [0.15, 0.2) is 5.03 Å². The fourth-order valence-electron chi connectivity index (χ4n) is 4.06. The summed E-state index contributed by atoms with van der Waals surface area (Å²) in [5.74, 6) is 0.457. The Morgan fingerprint density at radius 3 is 2.65 bits per heavy atom. The van der Waals surface area contributed by atoms with Crippen molar-refractivity contribution < 1.29 is 9.77 Å². The molecule has 3 atom stereocenters. The summed E-state index contributed by atoms with van der Waals surface area (Å²) in [6, 6.07) is 0.648. The van der Waals surface area contributed by atoms with Crippen LogP contribution in [0.4, 0.5) is 0 Å². The van der Waals surface area contributed by atoms with Crippen LogP contribution in [0.1, 0.15) is 65.7 Å². The summed E-state index contributed by atoms with van der Waals surface area (Å²) in [6.45, 7) is 8.59. The molecule has 2 rings (SSSR count). The van der Waals surface area contributed by atoms with E-state index in [0.29, 0.717) is 31.9 Å². The first kappa shape index (κ1) is 20.9. The Morgan fingerprint density at radius 1 is 1.31 bits per heavy atom. The molecule has 3 unspecified atom stereocenters. The van der Waals surface area contributed by atoms with Gasteiger partial charge in [0.25, 0.3) is 5.96 Å². The molecule has 0 N–H and O–H groups in total. The van der Waals surface area contributed by atoms with E-state index in [1.165, 1.54) is 25.7 Å². The lowest BCUT2D eigenvalue weighted by molar-refractivity contribution is -0.486. The third-order valence-electron chi connectivity index (χ3n) is 5.68. The largest absolute Gasteiger partial charge is 0.379 e. The third kappa shape index (κ3) is 5.07. The maximum Gasteiger partial charge on any atom is 0.276 e. The normalized spacial score (nSPS) is 27.3. The number of guanidine groups is 1. The van der Waals surface area contributed by atoms with Gasteiger partial charge in [-0.2, -0.15) is 0 Å². The Bertz CT molecular complexity index is 481. The quantitative estimate of drug-likeness (QED) is 0.353. The lowest BCUT2D eigenvalue weighted by Gasteiger charge is -2.51. The number of hydrogen-bond acceptors (Lipinski definition) is 4. The second-order valence-corrected chi connectivity index (χ2v) is 7.46. The van der Waals surface area contributed by atoms with Gasteiger partial charge in [-0.1, -0.05) is 39.5 Å². The van der Waals surface area contributed by atoms with Crippen LogP contribution in [0.2, 0.25) is 0 Å². The lowest BCUT2D eigenvalue weighted by atomic mass is 10.0. The summed E-state index contributed by atoms with van der Waals surface area (Å²) in [7, 11) is 1.91. The van der Waals surface area contributed by atoms with Gasteiger partial charge in [0.2, 0.25) is 0 Å². The molecule has 2 aliphatic rings. The van der Waals surface area contributed by atoms with Gasteiger partial charge >= 0.3 is 0 Å². The van der Waals surface area contributed by atoms with Gasteiger partial charge in [-0.05, 0) is 26.2 Å². The van der Waals surface area contributed by atoms with Gasteiger partial charge in [-0.3, -0.25) is 4.90 Å². The molecule has 0 saturated carbocycles. The minimum absolute atomic E-state index is 0.0884. The number of hydrogen-bond donors (Lipinski definition) is 0. The van der Waals surface area contributed by atoms with E-state index < -0.39 is 5.03 Å². The van der Waals surface area contributed by atoms with E-state index in [1.807, 2.05) is 11.9 Å². The van der Waals surface area contributed by atoms with Crippen molar-refractivity contribution in [2.75, 3.05) is 26.9 Å². The van der Waals surface area contributed by atoms with Crippen molar-refractivity contribution in [1.29, 1.82) is 0 Å². The Labute approximate surface area is 157 Å². The Morgan fingerprint density at radius 2 is 2.08 bits per heavy atom. The highest BCUT2D eigenvalue weighted by molar-refractivity contribution is 5.80. The van der Waals surface area contributed by atoms with Gasteiger partial charge in [0.1, 0.15) is 5.10 Å². The summed E-state index contributed by atoms with van der Waals surface area (Å²) in [5, 5.41) is 14.2. The van der Waals surface area contributed by atoms with Gasteiger partial charge in [0.05, 0.1) is 25.5 Å². The van der Waals surface area contributed by atoms with Gasteiger partial charge < -0.3 is 14.5 Å². The van der Waals surface area contributed by atoms with Gasteiger partial charge in [-0.15, -0.1) is 0 Å². The molecular weight excluding hydrogens is 334 g/mol. The number of hydrazone groups is 1. The number of nitro groups is 1. The van der Waals surface area contributed by atoms with E-state index in [1.54, 1.807) is 0 Å². The second kappa shape index (κ2) is 10.1. The first-order chi connectivity index (χ1) is 12.5. The number of ether oxygens (including phenoxy) is 1. The molecule has 2 aliphatic heterocycles. The van der Waals surface area contributed by atoms with Crippen molar-refractivity contribution >= 4 is 5.96 Å². The maximum absolute atomic E-state index is 11.1. The molecule has 0 aromatic rings. The standard InChI is InChI=1S/C18H35N5O3/c1-5-7-8-10-16(9-6-2)21-14-22(17-11-12-26-13-17)18(19-23(24)25)20(4)15(21)3/h15-17H,5-14H2,1-4H3. The summed E-state index contributed by atoms with van der Waals surface area (Å²) >= 11 is 0. The van der Waals surface area contributed by atoms with Crippen LogP contribution in [-0.2, 0) is 4.74 Å². The van der Waals surface area contributed by atoms with Crippen molar-refractivity contribution in [2.45, 2.75) is 84.0 Å². The Balaban J connectivity index is 2.22. The maximum atomic E-state index is 11.1. The van der Waals surface area contributed by atoms with Crippen LogP contribution < -0.4 is 0 Å². The molecule has 0 aromatic heterocycles. The Kier molecular flexibility index (Phi) is 8.09. The topological polar surface area (TPSA) is 74.4 Å². The van der Waals surface area contributed by atoms with Crippen molar-refractivity contribution in [1.82, 2.24) is 14.7 Å². The van der Waals surface area contributed by atoms with Crippen LogP contribution in [0.15, 0.2) is 5.10 Å². The van der Waals surface area contributed by atoms with E-state index in [-0.39, 0.29) is 12.2 Å². The molecule has 8 heteroatoms. The van der Waals surface area contributed by atoms with Crippen molar-refractivity contribution in [3.8, 4) is 0 Å². The number of nitrogens with zero attached hydrogens (tertiary/aromatic N) is 5. The molecule has 150 valence electrons. The van der Waals surface area contributed by atoms with Crippen LogP contribution in [0.3, 0.4) is 0 Å². The fraction of sp³-hybridized carbons (Fsp3) is 0.944. The fourth-order valence-corrected chi connectivity index (χ4v) is 4.06. The highest BCUT2D eigenvalue weighted by Gasteiger charge is 2.41. The molecule has 2 heterocycles. The lowest BCUT2D eigenvalue weighted by Crippen LogP contribution is -2.66. The van der Waals surface area contributed by atoms with Gasteiger partial charge in [0, 0.05) is 19.7 Å². The SMILES string of the molecule is CCCCCC(CCC)N1CN(C2CCOC2)C(=N[N+](=O)[O-])N(C)C1C. The molecule has 26 heavy (non-hydrogen) atoms. The first-order valence-electron chi connectivity index (χ1n) is 10.1. The average Bonchev–Trinajstić information content (AvgIpc) is 3.13. The molecule has 0 spiro atoms. The third-order valence-corrected chi connectivity index (χ3v) is 5.68. The predicted octanol–water partition coefficient (Wildman–Crippen LogP) is 2.92. The Hall–Kier alpha value is -1.41. The first-order valence-corrected chi connectivity index (χ1v) is 10.1. The smallest absolute Gasteiger partial charge is 0.276 e. The van der Waals surface area contributed by atoms with E-state index in [9.17, 15) is 10.1 Å². The van der Waals surface area contributed by atoms with Crippen LogP contribution >= 0.6 is 0 Å². The van der Waals surface area contributed by atoms with E-state index in [0.717, 1.165) is 19.3 Å². The highest BCUT2D eigenvalue weighted by Crippen LogP contribution is 2.27. The summed E-state index contributed by atoms with van der Waals surface area (Å²) in [5.41, 5.74) is 0. The van der Waals surface area contributed by atoms with Crippen molar-refractivity contribution in [3.63, 3.8) is 0 Å². The minimum atomic E-state index is -0.582. The molecule has 2 fully saturated rings. The zero-order chi connectivity index (χ0) is 19.1. The van der Waals surface area contributed by atoms with Crippen LogP contribution in [0.5, 0.6) is 0 Å². The zero-order valence-corrected chi connectivity index (χ0v) is 16.8. The minimum Gasteiger partial charge on any atom is -0.379 e. The monoisotopic (exact) mass is 369 g/mol. The molecule has 0 aliphatic carbocycles. The summed E-state index contributed by atoms with van der Waals surface area (Å²) in [6.07, 6.45) is 8.16. The highest BCUT2D eigenvalue weighted by atomic mass is 16.7. The molecule has 0 amide bonds. The van der Waals surface area contributed by atoms with Crippen molar-refractivity contribution in [2.24, 2.45) is 5.10 Å². The second-order valence-electron chi connectivity index (χ2n) is 7.46. The van der Waals surface area contributed by atoms with Crippen molar-refractivity contribution in [3.05, 3.63) is 10.1 Å². The molecule has 8 nitrogen and oxygen atoms in total. The van der Waals surface area contributed by atoms with Crippen LogP contribution in [0.25, 0.3) is 0 Å². The number of unbranched alkanes of at least 4 members (excludes halogenated alkanes) is 2. The van der Waals surface area contributed by atoms with Gasteiger partial charge in [-0.25, -0.2) is 10.1 Å². The van der Waals surface area contributed by atoms with E-state index in [4.69, 9.17) is 4.74 Å². The summed E-state index contributed by atoms with van der Waals surface area (Å²) < 4.78 is 5.54. The van der Waals surface area contributed by atoms with Crippen LogP contribution in [0, 0.1) is 10.1 Å². The predicted molar refractivity (Wildman–Crippen MR) is 102 cm³/mol. The van der Waals surface area contributed by atoms with E-state index >= 15 is 0 Å². The van der Waals surface area contributed by atoms with E-state index in [2.05, 4.69) is 35.7 Å². The molecular formula is C18H35N5O3. The zero-order valence-electron chi connectivity index (χ0n) is 16.8. The van der Waals surface area contributed by atoms with Crippen LogP contribution in [-0.4, -0.2) is 70.9 Å². The molecule has 0 aromatic carbocycles. The molecule has 2 saturated heterocycles. The summed E-state index contributed by atoms with van der Waals surface area (Å²) in [4.78, 5) is 17.6.